The minimum atomic E-state index is 0.155. The summed E-state index contributed by atoms with van der Waals surface area (Å²) in [5, 5.41) is 17.4. The van der Waals surface area contributed by atoms with Crippen LogP contribution in [0.3, 0.4) is 0 Å². The summed E-state index contributed by atoms with van der Waals surface area (Å²) in [4.78, 5) is 2.32. The Morgan fingerprint density at radius 2 is 1.17 bits per heavy atom. The van der Waals surface area contributed by atoms with E-state index in [2.05, 4.69) is 56.7 Å². The molecule has 0 aliphatic heterocycles. The molecule has 0 spiro atoms. The first kappa shape index (κ1) is 17.5. The molecule has 7 nitrogen and oxygen atoms in total. The standard InChI is InChI=1S/C22H21N7/c1-17(18-9-3-2-4-10-18)27(15-28-21-13-7-5-11-19(21)23-25-28)16-29-22-14-8-6-12-20(22)24-26-29/h2-14,17H,15-16H2,1H3/t17-/m0/s1. The van der Waals surface area contributed by atoms with Crippen molar-refractivity contribution in [2.75, 3.05) is 0 Å². The van der Waals surface area contributed by atoms with Gasteiger partial charge in [0.15, 0.2) is 0 Å². The van der Waals surface area contributed by atoms with Gasteiger partial charge in [0.25, 0.3) is 0 Å². The maximum absolute atomic E-state index is 4.38. The van der Waals surface area contributed by atoms with E-state index in [0.29, 0.717) is 13.3 Å². The maximum atomic E-state index is 4.38. The summed E-state index contributed by atoms with van der Waals surface area (Å²) >= 11 is 0. The Morgan fingerprint density at radius 3 is 1.72 bits per heavy atom. The molecular formula is C22H21N7. The number of benzene rings is 3. The molecule has 0 aliphatic rings. The summed E-state index contributed by atoms with van der Waals surface area (Å²) < 4.78 is 3.88. The number of aromatic nitrogens is 6. The van der Waals surface area contributed by atoms with Crippen molar-refractivity contribution in [1.82, 2.24) is 34.9 Å². The molecule has 144 valence electrons. The average Bonchev–Trinajstić information content (AvgIpc) is 3.38. The number of hydrogen-bond acceptors (Lipinski definition) is 5. The lowest BCUT2D eigenvalue weighted by Crippen LogP contribution is -2.32. The highest BCUT2D eigenvalue weighted by Crippen LogP contribution is 2.23. The van der Waals surface area contributed by atoms with E-state index in [-0.39, 0.29) is 6.04 Å². The number of para-hydroxylation sites is 2. The van der Waals surface area contributed by atoms with Gasteiger partial charge in [-0.1, -0.05) is 65.0 Å². The van der Waals surface area contributed by atoms with E-state index in [9.17, 15) is 0 Å². The van der Waals surface area contributed by atoms with Crippen molar-refractivity contribution in [1.29, 1.82) is 0 Å². The Labute approximate surface area is 168 Å². The lowest BCUT2D eigenvalue weighted by atomic mass is 10.1. The Hall–Kier alpha value is -3.58. The second kappa shape index (κ2) is 7.44. The summed E-state index contributed by atoms with van der Waals surface area (Å²) in [6, 6.07) is 26.7. The first-order chi connectivity index (χ1) is 14.3. The Morgan fingerprint density at radius 1 is 0.690 bits per heavy atom. The molecule has 2 aromatic heterocycles. The molecule has 0 saturated heterocycles. The molecule has 5 aromatic rings. The van der Waals surface area contributed by atoms with E-state index in [4.69, 9.17) is 0 Å². The topological polar surface area (TPSA) is 64.7 Å². The molecule has 0 bridgehead atoms. The van der Waals surface area contributed by atoms with Crippen molar-refractivity contribution < 1.29 is 0 Å². The summed E-state index contributed by atoms with van der Waals surface area (Å²) in [6.07, 6.45) is 0. The van der Waals surface area contributed by atoms with Crippen LogP contribution in [-0.2, 0) is 13.3 Å². The van der Waals surface area contributed by atoms with Crippen LogP contribution in [0.1, 0.15) is 18.5 Å². The van der Waals surface area contributed by atoms with Crippen LogP contribution >= 0.6 is 0 Å². The molecule has 7 heteroatoms. The maximum Gasteiger partial charge on any atom is 0.113 e. The fourth-order valence-electron chi connectivity index (χ4n) is 3.62. The summed E-state index contributed by atoms with van der Waals surface area (Å²) in [6.45, 7) is 3.38. The molecule has 0 radical (unpaired) electrons. The zero-order chi connectivity index (χ0) is 19.6. The molecule has 1 atom stereocenters. The van der Waals surface area contributed by atoms with Gasteiger partial charge in [0.1, 0.15) is 11.0 Å². The Kier molecular flexibility index (Phi) is 4.50. The number of rotatable bonds is 6. The lowest BCUT2D eigenvalue weighted by Gasteiger charge is -2.29. The first-order valence-corrected chi connectivity index (χ1v) is 9.65. The number of hydrogen-bond donors (Lipinski definition) is 0. The van der Waals surface area contributed by atoms with Crippen LogP contribution in [0.5, 0.6) is 0 Å². The SMILES string of the molecule is C[C@@H](c1ccccc1)N(Cn1nnc2ccccc21)Cn1nnc2ccccc21. The zero-order valence-corrected chi connectivity index (χ0v) is 16.1. The van der Waals surface area contributed by atoms with Gasteiger partial charge in [-0.3, -0.25) is 4.90 Å². The Balaban J connectivity index is 1.52. The molecule has 0 saturated carbocycles. The summed E-state index contributed by atoms with van der Waals surface area (Å²) in [5.74, 6) is 0. The third kappa shape index (κ3) is 3.36. The van der Waals surface area contributed by atoms with E-state index in [1.807, 2.05) is 64.0 Å². The molecule has 0 aliphatic carbocycles. The largest absolute Gasteiger partial charge is 0.258 e. The molecule has 0 amide bonds. The monoisotopic (exact) mass is 383 g/mol. The first-order valence-electron chi connectivity index (χ1n) is 9.65. The average molecular weight is 383 g/mol. The second-order valence-corrected chi connectivity index (χ2v) is 7.11. The third-order valence-electron chi connectivity index (χ3n) is 5.30. The van der Waals surface area contributed by atoms with Crippen molar-refractivity contribution in [3.63, 3.8) is 0 Å². The minimum Gasteiger partial charge on any atom is -0.258 e. The van der Waals surface area contributed by atoms with Crippen LogP contribution in [0, 0.1) is 0 Å². The van der Waals surface area contributed by atoms with E-state index in [1.54, 1.807) is 0 Å². The molecule has 2 heterocycles. The van der Waals surface area contributed by atoms with Gasteiger partial charge >= 0.3 is 0 Å². The fraction of sp³-hybridized carbons (Fsp3) is 0.182. The van der Waals surface area contributed by atoms with Gasteiger partial charge in [-0.25, -0.2) is 9.36 Å². The summed E-state index contributed by atoms with van der Waals surface area (Å²) in [7, 11) is 0. The van der Waals surface area contributed by atoms with Crippen LogP contribution in [-0.4, -0.2) is 34.9 Å². The van der Waals surface area contributed by atoms with Gasteiger partial charge in [0.05, 0.1) is 24.4 Å². The van der Waals surface area contributed by atoms with E-state index in [1.165, 1.54) is 5.56 Å². The van der Waals surface area contributed by atoms with Gasteiger partial charge in [0.2, 0.25) is 0 Å². The molecule has 0 unspecified atom stereocenters. The van der Waals surface area contributed by atoms with Gasteiger partial charge in [-0.2, -0.15) is 0 Å². The molecular weight excluding hydrogens is 362 g/mol. The normalized spacial score (nSPS) is 12.8. The number of nitrogens with zero attached hydrogens (tertiary/aromatic N) is 7. The predicted octanol–water partition coefficient (Wildman–Crippen LogP) is 3.85. The van der Waals surface area contributed by atoms with Crippen molar-refractivity contribution in [2.24, 2.45) is 0 Å². The van der Waals surface area contributed by atoms with Crippen LogP contribution in [0.2, 0.25) is 0 Å². The van der Waals surface area contributed by atoms with Gasteiger partial charge in [-0.15, -0.1) is 10.2 Å². The Bertz CT molecular complexity index is 1170. The molecule has 5 rings (SSSR count). The van der Waals surface area contributed by atoms with E-state index in [0.717, 1.165) is 22.1 Å². The smallest absolute Gasteiger partial charge is 0.113 e. The van der Waals surface area contributed by atoms with Crippen LogP contribution < -0.4 is 0 Å². The van der Waals surface area contributed by atoms with Gasteiger partial charge in [0, 0.05) is 6.04 Å². The molecule has 0 N–H and O–H groups in total. The molecule has 0 fully saturated rings. The van der Waals surface area contributed by atoms with Gasteiger partial charge in [-0.05, 0) is 36.8 Å². The zero-order valence-electron chi connectivity index (χ0n) is 16.1. The van der Waals surface area contributed by atoms with Crippen molar-refractivity contribution >= 4 is 22.1 Å². The van der Waals surface area contributed by atoms with Crippen molar-refractivity contribution in [2.45, 2.75) is 26.3 Å². The summed E-state index contributed by atoms with van der Waals surface area (Å²) in [5.41, 5.74) is 5.06. The number of fused-ring (bicyclic) bond motifs is 2. The highest BCUT2D eigenvalue weighted by atomic mass is 15.5. The van der Waals surface area contributed by atoms with Crippen molar-refractivity contribution in [3.8, 4) is 0 Å². The third-order valence-corrected chi connectivity index (χ3v) is 5.30. The van der Waals surface area contributed by atoms with Gasteiger partial charge < -0.3 is 0 Å². The predicted molar refractivity (Wildman–Crippen MR) is 112 cm³/mol. The molecule has 3 aromatic carbocycles. The van der Waals surface area contributed by atoms with E-state index < -0.39 is 0 Å². The van der Waals surface area contributed by atoms with Crippen molar-refractivity contribution in [3.05, 3.63) is 84.4 Å². The highest BCUT2D eigenvalue weighted by Gasteiger charge is 2.19. The van der Waals surface area contributed by atoms with E-state index >= 15 is 0 Å². The van der Waals surface area contributed by atoms with Crippen LogP contribution in [0.15, 0.2) is 78.9 Å². The second-order valence-electron chi connectivity index (χ2n) is 7.11. The lowest BCUT2D eigenvalue weighted by molar-refractivity contribution is 0.108. The quantitative estimate of drug-likeness (QED) is 0.446. The van der Waals surface area contributed by atoms with Crippen LogP contribution in [0.25, 0.3) is 22.1 Å². The van der Waals surface area contributed by atoms with Crippen LogP contribution in [0.4, 0.5) is 0 Å². The minimum absolute atomic E-state index is 0.155. The highest BCUT2D eigenvalue weighted by molar-refractivity contribution is 5.74. The molecule has 29 heavy (non-hydrogen) atoms. The fourth-order valence-corrected chi connectivity index (χ4v) is 3.62.